The maximum Gasteiger partial charge on any atom is 0.315 e. The number of rotatable bonds is 11. The highest BCUT2D eigenvalue weighted by Crippen LogP contribution is 2.56. The Kier molecular flexibility index (Phi) is 9.23. The fourth-order valence-electron chi connectivity index (χ4n) is 3.88. The van der Waals surface area contributed by atoms with Crippen molar-refractivity contribution in [3.05, 3.63) is 104 Å². The molecule has 0 N–H and O–H groups in total. The number of aldehydes is 1. The van der Waals surface area contributed by atoms with Gasteiger partial charge in [0.05, 0.1) is 0 Å². The molecular formula is C28H30O3P. The van der Waals surface area contributed by atoms with Gasteiger partial charge in [-0.1, -0.05) is 81.1 Å². The zero-order chi connectivity index (χ0) is 22.9. The Hall–Kier alpha value is -2.25. The topological polar surface area (TPSA) is 43.4 Å². The molecule has 0 saturated heterocycles. The van der Waals surface area contributed by atoms with Crippen LogP contribution in [0.3, 0.4) is 0 Å². The van der Waals surface area contributed by atoms with Gasteiger partial charge in [-0.25, -0.2) is 0 Å². The molecule has 0 heterocycles. The lowest BCUT2D eigenvalue weighted by Gasteiger charge is -2.31. The smallest absolute Gasteiger partial charge is 0.315 e. The molecule has 1 aliphatic carbocycles. The van der Waals surface area contributed by atoms with Gasteiger partial charge in [0, 0.05) is 18.0 Å². The monoisotopic (exact) mass is 445 g/mol. The molecule has 0 unspecified atom stereocenters. The summed E-state index contributed by atoms with van der Waals surface area (Å²) in [5, 5.41) is 2.35. The van der Waals surface area contributed by atoms with Crippen LogP contribution in [0.2, 0.25) is 0 Å². The van der Waals surface area contributed by atoms with Crippen LogP contribution in [0.15, 0.2) is 72.8 Å². The number of esters is 1. The van der Waals surface area contributed by atoms with Gasteiger partial charge >= 0.3 is 5.97 Å². The number of benzene rings is 2. The van der Waals surface area contributed by atoms with Crippen molar-refractivity contribution in [3.8, 4) is 0 Å². The molecule has 165 valence electrons. The maximum atomic E-state index is 13.4. The SMILES string of the molecule is C=C(CC)[C@H](OC(=O)[C]1[CH][CH][CH][C]1P(c1ccccc1)c1ccccc1)[C@H](CC)CC=O. The summed E-state index contributed by atoms with van der Waals surface area (Å²) in [5.41, 5.74) is 1.82. The second kappa shape index (κ2) is 12.1. The Labute approximate surface area is 194 Å². The summed E-state index contributed by atoms with van der Waals surface area (Å²) in [6.45, 7) is 8.13. The molecule has 32 heavy (non-hydrogen) atoms. The molecule has 3 nitrogen and oxygen atoms in total. The summed E-state index contributed by atoms with van der Waals surface area (Å²) in [6, 6.07) is 20.6. The minimum Gasteiger partial charge on any atom is -0.457 e. The van der Waals surface area contributed by atoms with E-state index in [1.807, 2.05) is 69.5 Å². The average molecular weight is 446 g/mol. The van der Waals surface area contributed by atoms with Crippen molar-refractivity contribution in [2.45, 2.75) is 39.2 Å². The molecule has 3 rings (SSSR count). The lowest BCUT2D eigenvalue weighted by atomic mass is 9.90. The number of hydrogen-bond acceptors (Lipinski definition) is 3. The standard InChI is InChI=1S/C28H30O3P/c1-4-21(3)27(22(5-2)19-20-29)31-28(30)25-17-12-18-26(25)32(23-13-8-6-9-14-23)24-15-10-7-11-16-24/h6-18,20,22,27H,3-5,19H2,1-2H3/t22-,27+/m1/s1. The summed E-state index contributed by atoms with van der Waals surface area (Å²) in [4.78, 5) is 24.6. The predicted octanol–water partition coefficient (Wildman–Crippen LogP) is 5.35. The molecular weight excluding hydrogens is 415 g/mol. The Bertz CT molecular complexity index is 841. The van der Waals surface area contributed by atoms with Gasteiger partial charge in [0.2, 0.25) is 0 Å². The van der Waals surface area contributed by atoms with Crippen molar-refractivity contribution in [3.63, 3.8) is 0 Å². The van der Waals surface area contributed by atoms with E-state index >= 15 is 0 Å². The first kappa shape index (κ1) is 24.4. The Morgan fingerprint density at radius 1 is 1.00 bits per heavy atom. The van der Waals surface area contributed by atoms with Crippen molar-refractivity contribution in [1.82, 2.24) is 0 Å². The quantitative estimate of drug-likeness (QED) is 0.203. The largest absolute Gasteiger partial charge is 0.457 e. The van der Waals surface area contributed by atoms with E-state index in [-0.39, 0.29) is 11.9 Å². The van der Waals surface area contributed by atoms with Gasteiger partial charge in [-0.15, -0.1) is 0 Å². The molecule has 5 radical (unpaired) electrons. The average Bonchev–Trinajstić information content (AvgIpc) is 3.31. The summed E-state index contributed by atoms with van der Waals surface area (Å²) < 4.78 is 6.03. The van der Waals surface area contributed by atoms with Crippen LogP contribution in [-0.4, -0.2) is 18.4 Å². The van der Waals surface area contributed by atoms with E-state index in [1.54, 1.807) is 0 Å². The molecule has 2 aromatic carbocycles. The van der Waals surface area contributed by atoms with E-state index in [1.165, 1.54) is 10.6 Å². The van der Waals surface area contributed by atoms with E-state index in [4.69, 9.17) is 4.74 Å². The highest BCUT2D eigenvalue weighted by Gasteiger charge is 2.43. The first-order valence-corrected chi connectivity index (χ1v) is 12.4. The van der Waals surface area contributed by atoms with Crippen molar-refractivity contribution >= 4 is 30.8 Å². The van der Waals surface area contributed by atoms with Crippen molar-refractivity contribution in [1.29, 1.82) is 0 Å². The maximum absolute atomic E-state index is 13.4. The Morgan fingerprint density at radius 3 is 2.09 bits per heavy atom. The number of ether oxygens (including phenoxy) is 1. The molecule has 0 aromatic heterocycles. The van der Waals surface area contributed by atoms with Crippen LogP contribution in [-0.2, 0) is 14.3 Å². The molecule has 1 aliphatic rings. The minimum absolute atomic E-state index is 0.0629. The van der Waals surface area contributed by atoms with Crippen molar-refractivity contribution < 1.29 is 14.3 Å². The number of hydrogen-bond donors (Lipinski definition) is 0. The zero-order valence-corrected chi connectivity index (χ0v) is 19.6. The molecule has 0 amide bonds. The first-order chi connectivity index (χ1) is 15.6. The fraction of sp³-hybridized carbons (Fsp3) is 0.250. The predicted molar refractivity (Wildman–Crippen MR) is 132 cm³/mol. The van der Waals surface area contributed by atoms with Gasteiger partial charge in [0.1, 0.15) is 18.3 Å². The minimum atomic E-state index is -0.911. The zero-order valence-electron chi connectivity index (χ0n) is 18.7. The summed E-state index contributed by atoms with van der Waals surface area (Å²) in [5.74, 6) is 0.166. The third-order valence-electron chi connectivity index (χ3n) is 5.72. The molecule has 1 fully saturated rings. The molecule has 1 saturated carbocycles. The van der Waals surface area contributed by atoms with Gasteiger partial charge in [0.15, 0.2) is 0 Å². The van der Waals surface area contributed by atoms with Crippen LogP contribution < -0.4 is 10.6 Å². The molecule has 2 aromatic rings. The Balaban J connectivity index is 1.88. The van der Waals surface area contributed by atoms with Crippen LogP contribution in [0.5, 0.6) is 0 Å². The Morgan fingerprint density at radius 2 is 1.59 bits per heavy atom. The van der Waals surface area contributed by atoms with Crippen LogP contribution in [0.4, 0.5) is 0 Å². The second-order valence-corrected chi connectivity index (χ2v) is 9.93. The summed E-state index contributed by atoms with van der Waals surface area (Å²) in [7, 11) is -0.911. The third kappa shape index (κ3) is 5.75. The molecule has 0 bridgehead atoms. The molecule has 0 aliphatic heterocycles. The first-order valence-electron chi connectivity index (χ1n) is 11.1. The summed E-state index contributed by atoms with van der Waals surface area (Å²) >= 11 is 0. The van der Waals surface area contributed by atoms with E-state index in [2.05, 4.69) is 30.8 Å². The van der Waals surface area contributed by atoms with Gasteiger partial charge < -0.3 is 9.53 Å². The van der Waals surface area contributed by atoms with E-state index in [0.29, 0.717) is 18.8 Å². The molecule has 2 atom stereocenters. The highest BCUT2D eigenvalue weighted by molar-refractivity contribution is 7.76. The third-order valence-corrected chi connectivity index (χ3v) is 8.23. The molecule has 0 spiro atoms. The second-order valence-electron chi connectivity index (χ2n) is 7.74. The van der Waals surface area contributed by atoms with E-state index in [0.717, 1.165) is 23.9 Å². The summed E-state index contributed by atoms with van der Waals surface area (Å²) in [6.07, 6.45) is 7.99. The van der Waals surface area contributed by atoms with Gasteiger partial charge in [0.25, 0.3) is 0 Å². The fourth-order valence-corrected chi connectivity index (χ4v) is 6.32. The van der Waals surface area contributed by atoms with Crippen molar-refractivity contribution in [2.75, 3.05) is 0 Å². The van der Waals surface area contributed by atoms with Crippen LogP contribution >= 0.6 is 7.92 Å². The van der Waals surface area contributed by atoms with E-state index < -0.39 is 14.0 Å². The van der Waals surface area contributed by atoms with Crippen LogP contribution in [0.25, 0.3) is 0 Å². The van der Waals surface area contributed by atoms with Gasteiger partial charge in [-0.05, 0) is 56.2 Å². The van der Waals surface area contributed by atoms with Gasteiger partial charge in [-0.2, -0.15) is 0 Å². The van der Waals surface area contributed by atoms with Crippen molar-refractivity contribution in [2.24, 2.45) is 5.92 Å². The lowest BCUT2D eigenvalue weighted by molar-refractivity contribution is -0.147. The van der Waals surface area contributed by atoms with Crippen LogP contribution in [0.1, 0.15) is 33.1 Å². The van der Waals surface area contributed by atoms with E-state index in [9.17, 15) is 9.59 Å². The lowest BCUT2D eigenvalue weighted by Crippen LogP contribution is -2.32. The van der Waals surface area contributed by atoms with Gasteiger partial charge in [-0.3, -0.25) is 4.79 Å². The highest BCUT2D eigenvalue weighted by atomic mass is 31.1. The molecule has 4 heteroatoms. The van der Waals surface area contributed by atoms with Crippen LogP contribution in [0, 0.1) is 36.8 Å². The normalized spacial score (nSPS) is 16.6. The number of carbonyl (C=O) groups is 2. The number of carbonyl (C=O) groups excluding carboxylic acids is 2.